The molecule has 0 atom stereocenters. The van der Waals surface area contributed by atoms with E-state index in [1.807, 2.05) is 0 Å². The number of halogens is 1. The molecule has 0 spiro atoms. The summed E-state index contributed by atoms with van der Waals surface area (Å²) in [5, 5.41) is 0. The van der Waals surface area contributed by atoms with Crippen LogP contribution >= 0.6 is 10.7 Å². The zero-order valence-corrected chi connectivity index (χ0v) is 12.2. The third-order valence-electron chi connectivity index (χ3n) is 2.74. The van der Waals surface area contributed by atoms with Crippen molar-refractivity contribution in [3.63, 3.8) is 0 Å². The predicted molar refractivity (Wildman–Crippen MR) is 70.4 cm³/mol. The van der Waals surface area contributed by atoms with E-state index in [2.05, 4.69) is 0 Å². The maximum atomic E-state index is 11.6. The number of carbonyl (C=O) groups excluding carboxylic acids is 1. The lowest BCUT2D eigenvalue weighted by atomic mass is 10.1. The Morgan fingerprint density at radius 3 is 2.65 bits per heavy atom. The first-order valence-corrected chi connectivity index (χ1v) is 8.10. The monoisotopic (exact) mass is 320 g/mol. The lowest BCUT2D eigenvalue weighted by Gasteiger charge is -2.25. The molecule has 0 unspecified atom stereocenters. The first kappa shape index (κ1) is 15.1. The van der Waals surface area contributed by atoms with Crippen LogP contribution in [0.2, 0.25) is 0 Å². The predicted octanol–water partition coefficient (Wildman–Crippen LogP) is 1.11. The van der Waals surface area contributed by atoms with Crippen molar-refractivity contribution in [3.05, 3.63) is 23.8 Å². The minimum absolute atomic E-state index is 0.0418. The molecule has 1 fully saturated rings. The van der Waals surface area contributed by atoms with Crippen LogP contribution in [0.1, 0.15) is 5.56 Å². The van der Waals surface area contributed by atoms with Crippen molar-refractivity contribution in [2.75, 3.05) is 20.3 Å². The van der Waals surface area contributed by atoms with Crippen LogP contribution in [0.25, 0.3) is 0 Å². The van der Waals surface area contributed by atoms with Gasteiger partial charge in [0.2, 0.25) is 0 Å². The molecule has 6 nitrogen and oxygen atoms in total. The second-order valence-electron chi connectivity index (χ2n) is 4.25. The van der Waals surface area contributed by atoms with Gasteiger partial charge in [-0.3, -0.25) is 4.79 Å². The molecule has 8 heteroatoms. The van der Waals surface area contributed by atoms with E-state index in [1.165, 1.54) is 19.2 Å². The van der Waals surface area contributed by atoms with E-state index in [4.69, 9.17) is 24.9 Å². The number of carbonyl (C=O) groups is 1. The molecule has 0 aromatic heterocycles. The van der Waals surface area contributed by atoms with Gasteiger partial charge in [0, 0.05) is 10.7 Å². The summed E-state index contributed by atoms with van der Waals surface area (Å²) < 4.78 is 37.8. The van der Waals surface area contributed by atoms with E-state index in [0.717, 1.165) is 0 Å². The average molecular weight is 321 g/mol. The highest BCUT2D eigenvalue weighted by atomic mass is 35.7. The number of ether oxygens (including phenoxy) is 3. The van der Waals surface area contributed by atoms with E-state index in [1.54, 1.807) is 6.07 Å². The van der Waals surface area contributed by atoms with Crippen molar-refractivity contribution in [2.24, 2.45) is 0 Å². The van der Waals surface area contributed by atoms with E-state index in [-0.39, 0.29) is 23.2 Å². The van der Waals surface area contributed by atoms with Crippen LogP contribution in [0.4, 0.5) is 0 Å². The van der Waals surface area contributed by atoms with Gasteiger partial charge >= 0.3 is 5.97 Å². The number of benzene rings is 1. The van der Waals surface area contributed by atoms with Gasteiger partial charge < -0.3 is 14.2 Å². The summed E-state index contributed by atoms with van der Waals surface area (Å²) in [7, 11) is 2.72. The molecule has 0 N–H and O–H groups in total. The molecule has 1 aliphatic heterocycles. The summed E-state index contributed by atoms with van der Waals surface area (Å²) in [5.74, 6) is -0.314. The van der Waals surface area contributed by atoms with Crippen LogP contribution in [0.5, 0.6) is 5.75 Å². The molecule has 0 bridgehead atoms. The average Bonchev–Trinajstić information content (AvgIpc) is 2.33. The van der Waals surface area contributed by atoms with E-state index in [0.29, 0.717) is 18.8 Å². The number of methoxy groups -OCH3 is 1. The fourth-order valence-electron chi connectivity index (χ4n) is 1.70. The highest BCUT2D eigenvalue weighted by Gasteiger charge is 2.23. The molecule has 0 aliphatic carbocycles. The Balaban J connectivity index is 2.14. The second-order valence-corrected chi connectivity index (χ2v) is 6.78. The van der Waals surface area contributed by atoms with Crippen LogP contribution in [-0.2, 0) is 29.7 Å². The number of hydrogen-bond acceptors (Lipinski definition) is 6. The van der Waals surface area contributed by atoms with Gasteiger partial charge in [-0.1, -0.05) is 6.07 Å². The van der Waals surface area contributed by atoms with Gasteiger partial charge in [-0.2, -0.15) is 0 Å². The molecular formula is C12H13ClO6S. The van der Waals surface area contributed by atoms with Gasteiger partial charge in [0.15, 0.2) is 0 Å². The minimum atomic E-state index is -3.95. The zero-order chi connectivity index (χ0) is 14.8. The Bertz CT molecular complexity index is 608. The SMILES string of the molecule is COc1ccc(CC(=O)OC2COC2)cc1S(=O)(=O)Cl. The van der Waals surface area contributed by atoms with Crippen LogP contribution in [0.15, 0.2) is 23.1 Å². The Labute approximate surface area is 121 Å². The van der Waals surface area contributed by atoms with Gasteiger partial charge in [0.1, 0.15) is 16.7 Å². The van der Waals surface area contributed by atoms with Crippen molar-refractivity contribution in [1.29, 1.82) is 0 Å². The third-order valence-corrected chi connectivity index (χ3v) is 4.09. The minimum Gasteiger partial charge on any atom is -0.495 e. The van der Waals surface area contributed by atoms with E-state index < -0.39 is 15.0 Å². The standard InChI is InChI=1S/C12H13ClO6S/c1-17-10-3-2-8(4-11(10)20(13,15)16)5-12(14)19-9-6-18-7-9/h2-4,9H,5-7H2,1H3. The van der Waals surface area contributed by atoms with Crippen molar-refractivity contribution < 1.29 is 27.4 Å². The van der Waals surface area contributed by atoms with Crippen molar-refractivity contribution >= 4 is 25.7 Å². The molecule has 110 valence electrons. The summed E-state index contributed by atoms with van der Waals surface area (Å²) in [6.07, 6.45) is -0.253. The first-order valence-electron chi connectivity index (χ1n) is 5.79. The fourth-order valence-corrected chi connectivity index (χ4v) is 2.74. The van der Waals surface area contributed by atoms with Gasteiger partial charge in [-0.25, -0.2) is 8.42 Å². The molecule has 1 aliphatic rings. The normalized spacial score (nSPS) is 15.5. The topological polar surface area (TPSA) is 78.9 Å². The van der Waals surface area contributed by atoms with E-state index >= 15 is 0 Å². The van der Waals surface area contributed by atoms with Crippen molar-refractivity contribution in [1.82, 2.24) is 0 Å². The summed E-state index contributed by atoms with van der Waals surface area (Å²) in [6, 6.07) is 4.34. The summed E-state index contributed by atoms with van der Waals surface area (Å²) >= 11 is 0. The Kier molecular flexibility index (Phi) is 4.52. The van der Waals surface area contributed by atoms with Crippen LogP contribution in [0.3, 0.4) is 0 Å². The third kappa shape index (κ3) is 3.62. The number of rotatable bonds is 5. The molecule has 0 saturated carbocycles. The lowest BCUT2D eigenvalue weighted by molar-refractivity contribution is -0.171. The summed E-state index contributed by atoms with van der Waals surface area (Å²) in [4.78, 5) is 11.5. The second kappa shape index (κ2) is 5.99. The molecule has 0 radical (unpaired) electrons. The highest BCUT2D eigenvalue weighted by molar-refractivity contribution is 8.13. The van der Waals surface area contributed by atoms with Crippen molar-refractivity contribution in [2.45, 2.75) is 17.4 Å². The summed E-state index contributed by atoms with van der Waals surface area (Å²) in [6.45, 7) is 0.797. The van der Waals surface area contributed by atoms with Crippen molar-refractivity contribution in [3.8, 4) is 5.75 Å². The Hall–Kier alpha value is -1.31. The Morgan fingerprint density at radius 1 is 1.45 bits per heavy atom. The quantitative estimate of drug-likeness (QED) is 0.597. The first-order chi connectivity index (χ1) is 9.40. The molecular weight excluding hydrogens is 308 g/mol. The van der Waals surface area contributed by atoms with E-state index in [9.17, 15) is 13.2 Å². The summed E-state index contributed by atoms with van der Waals surface area (Å²) in [5.41, 5.74) is 0.482. The maximum Gasteiger partial charge on any atom is 0.310 e. The van der Waals surface area contributed by atoms with Crippen LogP contribution < -0.4 is 4.74 Å². The molecule has 1 saturated heterocycles. The maximum absolute atomic E-state index is 11.6. The molecule has 1 aromatic rings. The van der Waals surface area contributed by atoms with Gasteiger partial charge in [-0.05, 0) is 17.7 Å². The largest absolute Gasteiger partial charge is 0.495 e. The smallest absolute Gasteiger partial charge is 0.310 e. The molecule has 0 amide bonds. The zero-order valence-electron chi connectivity index (χ0n) is 10.7. The highest BCUT2D eigenvalue weighted by Crippen LogP contribution is 2.28. The number of hydrogen-bond donors (Lipinski definition) is 0. The fraction of sp³-hybridized carbons (Fsp3) is 0.417. The van der Waals surface area contributed by atoms with Crippen LogP contribution in [0, 0.1) is 0 Å². The molecule has 20 heavy (non-hydrogen) atoms. The number of esters is 1. The van der Waals surface area contributed by atoms with Gasteiger partial charge in [0.05, 0.1) is 26.7 Å². The molecule has 1 aromatic carbocycles. The van der Waals surface area contributed by atoms with Gasteiger partial charge in [-0.15, -0.1) is 0 Å². The lowest BCUT2D eigenvalue weighted by Crippen LogP contribution is -2.38. The molecule has 1 heterocycles. The van der Waals surface area contributed by atoms with Crippen LogP contribution in [-0.4, -0.2) is 40.8 Å². The Morgan fingerprint density at radius 2 is 2.15 bits per heavy atom. The molecule has 2 rings (SSSR count). The van der Waals surface area contributed by atoms with Gasteiger partial charge in [0.25, 0.3) is 9.05 Å².